The van der Waals surface area contributed by atoms with Crippen molar-refractivity contribution in [2.45, 2.75) is 6.54 Å². The van der Waals surface area contributed by atoms with Crippen molar-refractivity contribution in [2.24, 2.45) is 0 Å². The molecule has 0 amide bonds. The summed E-state index contributed by atoms with van der Waals surface area (Å²) in [4.78, 5) is 1.63. The number of hydrogen-bond acceptors (Lipinski definition) is 3. The molecule has 0 spiro atoms. The van der Waals surface area contributed by atoms with E-state index in [0.717, 1.165) is 0 Å². The summed E-state index contributed by atoms with van der Waals surface area (Å²) in [6.07, 6.45) is 0. The van der Waals surface area contributed by atoms with Gasteiger partial charge in [0.15, 0.2) is 0 Å². The third-order valence-corrected chi connectivity index (χ3v) is 4.23. The highest BCUT2D eigenvalue weighted by Crippen LogP contribution is 2.26. The topological polar surface area (TPSA) is 32.3 Å². The first-order chi connectivity index (χ1) is 8.61. The zero-order chi connectivity index (χ0) is 13.1. The molecule has 0 aliphatic carbocycles. The van der Waals surface area contributed by atoms with E-state index in [1.54, 1.807) is 11.9 Å². The maximum Gasteiger partial charge on any atom is 0.149 e. The molecule has 2 rings (SSSR count). The zero-order valence-corrected chi connectivity index (χ0v) is 11.0. The van der Waals surface area contributed by atoms with Crippen LogP contribution in [0, 0.1) is 11.6 Å². The van der Waals surface area contributed by atoms with E-state index in [4.69, 9.17) is 0 Å². The fourth-order valence-corrected chi connectivity index (χ4v) is 3.14. The zero-order valence-electron chi connectivity index (χ0n) is 10.2. The van der Waals surface area contributed by atoms with E-state index in [1.165, 1.54) is 12.1 Å². The molecule has 0 saturated carbocycles. The molecule has 1 aliphatic rings. The first-order valence-electron chi connectivity index (χ1n) is 5.84. The van der Waals surface area contributed by atoms with Gasteiger partial charge >= 0.3 is 0 Å². The van der Waals surface area contributed by atoms with Gasteiger partial charge < -0.3 is 10.2 Å². The van der Waals surface area contributed by atoms with Gasteiger partial charge in [0.25, 0.3) is 0 Å². The molecule has 0 unspecified atom stereocenters. The molecule has 1 aromatic rings. The molecule has 1 fully saturated rings. The Morgan fingerprint density at radius 1 is 1.28 bits per heavy atom. The molecule has 0 aromatic heterocycles. The average molecular weight is 274 g/mol. The lowest BCUT2D eigenvalue weighted by Gasteiger charge is -2.29. The summed E-state index contributed by atoms with van der Waals surface area (Å²) in [6.45, 7) is 1.30. The Hall–Kier alpha value is -1.01. The van der Waals surface area contributed by atoms with Gasteiger partial charge in [0.05, 0.1) is 0 Å². The number of nitrogens with one attached hydrogen (secondary N) is 1. The van der Waals surface area contributed by atoms with E-state index in [0.29, 0.717) is 36.7 Å². The van der Waals surface area contributed by atoms with Crippen LogP contribution < -0.4 is 10.2 Å². The van der Waals surface area contributed by atoms with Crippen molar-refractivity contribution < 1.29 is 13.0 Å². The van der Waals surface area contributed by atoms with Crippen molar-refractivity contribution in [1.82, 2.24) is 5.32 Å². The van der Waals surface area contributed by atoms with Crippen LogP contribution in [0.5, 0.6) is 0 Å². The average Bonchev–Trinajstić information content (AvgIpc) is 2.31. The SMILES string of the molecule is CNCc1cc(F)c(N2CCS(=O)CC2)c(F)c1. The van der Waals surface area contributed by atoms with Crippen LogP contribution in [0.25, 0.3) is 0 Å². The van der Waals surface area contributed by atoms with Gasteiger partial charge in [-0.2, -0.15) is 0 Å². The van der Waals surface area contributed by atoms with E-state index in [9.17, 15) is 13.0 Å². The van der Waals surface area contributed by atoms with Gasteiger partial charge in [-0.05, 0) is 24.7 Å². The number of rotatable bonds is 3. The summed E-state index contributed by atoms with van der Waals surface area (Å²) >= 11 is 0. The van der Waals surface area contributed by atoms with E-state index in [2.05, 4.69) is 5.32 Å². The Labute approximate surface area is 108 Å². The van der Waals surface area contributed by atoms with Crippen LogP contribution >= 0.6 is 0 Å². The second-order valence-corrected chi connectivity index (χ2v) is 5.97. The molecule has 1 aliphatic heterocycles. The molecule has 1 aromatic carbocycles. The quantitative estimate of drug-likeness (QED) is 0.900. The molecular weight excluding hydrogens is 258 g/mol. The van der Waals surface area contributed by atoms with Gasteiger partial charge in [-0.15, -0.1) is 0 Å². The van der Waals surface area contributed by atoms with Crippen LogP contribution in [0.15, 0.2) is 12.1 Å². The Morgan fingerprint density at radius 3 is 2.33 bits per heavy atom. The summed E-state index contributed by atoms with van der Waals surface area (Å²) in [6, 6.07) is 2.70. The largest absolute Gasteiger partial charge is 0.365 e. The van der Waals surface area contributed by atoms with E-state index >= 15 is 0 Å². The Bertz CT molecular complexity index is 434. The highest BCUT2D eigenvalue weighted by atomic mass is 32.2. The minimum absolute atomic E-state index is 0.00607. The molecule has 1 heterocycles. The molecule has 1 saturated heterocycles. The van der Waals surface area contributed by atoms with Crippen molar-refractivity contribution in [2.75, 3.05) is 36.5 Å². The van der Waals surface area contributed by atoms with Crippen molar-refractivity contribution >= 4 is 16.5 Å². The first kappa shape index (κ1) is 13.4. The van der Waals surface area contributed by atoms with Crippen LogP contribution in [0.3, 0.4) is 0 Å². The van der Waals surface area contributed by atoms with Crippen molar-refractivity contribution in [3.63, 3.8) is 0 Å². The second kappa shape index (κ2) is 5.75. The number of benzene rings is 1. The molecule has 0 radical (unpaired) electrons. The number of halogens is 2. The fourth-order valence-electron chi connectivity index (χ4n) is 2.09. The lowest BCUT2D eigenvalue weighted by molar-refractivity contribution is 0.567. The van der Waals surface area contributed by atoms with E-state index in [-0.39, 0.29) is 5.69 Å². The normalized spacial score (nSPS) is 17.2. The molecule has 0 bridgehead atoms. The van der Waals surface area contributed by atoms with Gasteiger partial charge in [-0.25, -0.2) is 8.78 Å². The molecule has 18 heavy (non-hydrogen) atoms. The minimum Gasteiger partial charge on any atom is -0.365 e. The molecule has 6 heteroatoms. The highest BCUT2D eigenvalue weighted by molar-refractivity contribution is 7.85. The van der Waals surface area contributed by atoms with Gasteiger partial charge in [0.1, 0.15) is 17.3 Å². The third-order valence-electron chi connectivity index (χ3n) is 2.95. The van der Waals surface area contributed by atoms with Crippen LogP contribution in [0.1, 0.15) is 5.56 Å². The summed E-state index contributed by atoms with van der Waals surface area (Å²) in [5.74, 6) is -0.158. The maximum atomic E-state index is 13.9. The van der Waals surface area contributed by atoms with Crippen molar-refractivity contribution in [3.05, 3.63) is 29.3 Å². The van der Waals surface area contributed by atoms with Crippen LogP contribution in [-0.2, 0) is 17.3 Å². The smallest absolute Gasteiger partial charge is 0.149 e. The Morgan fingerprint density at radius 2 is 1.83 bits per heavy atom. The Kier molecular flexibility index (Phi) is 4.29. The second-order valence-electron chi connectivity index (χ2n) is 4.27. The molecule has 100 valence electrons. The molecule has 0 atom stereocenters. The van der Waals surface area contributed by atoms with Crippen molar-refractivity contribution in [1.29, 1.82) is 0 Å². The summed E-state index contributed by atoms with van der Waals surface area (Å²) in [5, 5.41) is 2.86. The van der Waals surface area contributed by atoms with Crippen LogP contribution in [-0.4, -0.2) is 35.9 Å². The predicted octanol–water partition coefficient (Wildman–Crippen LogP) is 1.25. The number of nitrogens with zero attached hydrogens (tertiary/aromatic N) is 1. The lowest BCUT2D eigenvalue weighted by atomic mass is 10.1. The standard InChI is InChI=1S/C12H16F2N2OS/c1-15-8-9-6-10(13)12(11(14)7-9)16-2-4-18(17)5-3-16/h6-7,15H,2-5,8H2,1H3. The van der Waals surface area contributed by atoms with Gasteiger partial charge in [0, 0.05) is 41.9 Å². The van der Waals surface area contributed by atoms with E-state index in [1.807, 2.05) is 0 Å². The number of hydrogen-bond donors (Lipinski definition) is 1. The van der Waals surface area contributed by atoms with Crippen molar-refractivity contribution in [3.8, 4) is 0 Å². The lowest BCUT2D eigenvalue weighted by Crippen LogP contribution is -2.38. The molecule has 1 N–H and O–H groups in total. The van der Waals surface area contributed by atoms with Crippen LogP contribution in [0.2, 0.25) is 0 Å². The van der Waals surface area contributed by atoms with Gasteiger partial charge in [0.2, 0.25) is 0 Å². The molecule has 3 nitrogen and oxygen atoms in total. The van der Waals surface area contributed by atoms with Gasteiger partial charge in [-0.1, -0.05) is 0 Å². The summed E-state index contributed by atoms with van der Waals surface area (Å²) < 4.78 is 39.1. The predicted molar refractivity (Wildman–Crippen MR) is 69.2 cm³/mol. The number of anilines is 1. The van der Waals surface area contributed by atoms with Crippen LogP contribution in [0.4, 0.5) is 14.5 Å². The fraction of sp³-hybridized carbons (Fsp3) is 0.500. The maximum absolute atomic E-state index is 13.9. The minimum atomic E-state index is -0.852. The summed E-state index contributed by atoms with van der Waals surface area (Å²) in [7, 11) is 0.874. The third kappa shape index (κ3) is 2.87. The highest BCUT2D eigenvalue weighted by Gasteiger charge is 2.22. The monoisotopic (exact) mass is 274 g/mol. The van der Waals surface area contributed by atoms with E-state index < -0.39 is 22.4 Å². The molecular formula is C12H16F2N2OS. The van der Waals surface area contributed by atoms with Gasteiger partial charge in [-0.3, -0.25) is 4.21 Å². The first-order valence-corrected chi connectivity index (χ1v) is 7.33. The summed E-state index contributed by atoms with van der Waals surface area (Å²) in [5.41, 5.74) is 0.586. The Balaban J connectivity index is 2.25.